The number of morpholine rings is 1. The number of anilines is 1. The van der Waals surface area contributed by atoms with Gasteiger partial charge in [0.25, 0.3) is 11.5 Å². The van der Waals surface area contributed by atoms with Gasteiger partial charge in [-0.15, -0.1) is 0 Å². The Morgan fingerprint density at radius 2 is 2.11 bits per heavy atom. The Kier molecular flexibility index (Phi) is 6.00. The van der Waals surface area contributed by atoms with Crippen LogP contribution in [0.1, 0.15) is 41.5 Å². The highest BCUT2D eigenvalue weighted by molar-refractivity contribution is 5.98. The molecule has 0 unspecified atom stereocenters. The second-order valence-electron chi connectivity index (χ2n) is 9.79. The number of pyridine rings is 1. The highest BCUT2D eigenvalue weighted by Gasteiger charge is 2.38. The van der Waals surface area contributed by atoms with Crippen LogP contribution >= 0.6 is 0 Å². The minimum absolute atomic E-state index is 0.134. The van der Waals surface area contributed by atoms with Crippen molar-refractivity contribution in [3.05, 3.63) is 57.5 Å². The molecule has 6 rings (SSSR count). The first-order valence-corrected chi connectivity index (χ1v) is 12.6. The number of carbonyl (C=O) groups is 2. The Morgan fingerprint density at radius 3 is 2.84 bits per heavy atom. The predicted octanol–water partition coefficient (Wildman–Crippen LogP) is 1.05. The maximum Gasteiger partial charge on any atom is 0.280 e. The quantitative estimate of drug-likeness (QED) is 0.507. The second-order valence-corrected chi connectivity index (χ2v) is 9.79. The van der Waals surface area contributed by atoms with Crippen molar-refractivity contribution in [2.45, 2.75) is 51.4 Å². The summed E-state index contributed by atoms with van der Waals surface area (Å²) in [5.74, 6) is -1.11. The lowest BCUT2D eigenvalue weighted by atomic mass is 10.2. The number of halogens is 1. The average molecular weight is 510 g/mol. The Hall–Kier alpha value is -3.64. The van der Waals surface area contributed by atoms with Crippen molar-refractivity contribution in [1.29, 1.82) is 0 Å². The smallest absolute Gasteiger partial charge is 0.280 e. The first-order chi connectivity index (χ1) is 17.9. The number of nitrogens with zero attached hydrogens (tertiary/aromatic N) is 6. The van der Waals surface area contributed by atoms with Gasteiger partial charge in [0.2, 0.25) is 5.91 Å². The first-order valence-electron chi connectivity index (χ1n) is 12.6. The van der Waals surface area contributed by atoms with Gasteiger partial charge in [0.15, 0.2) is 0 Å². The van der Waals surface area contributed by atoms with E-state index in [1.807, 2.05) is 6.92 Å². The Labute approximate surface area is 211 Å². The molecule has 3 aromatic heterocycles. The fourth-order valence-corrected chi connectivity index (χ4v) is 5.19. The third-order valence-electron chi connectivity index (χ3n) is 7.18. The number of ether oxygens (including phenoxy) is 1. The summed E-state index contributed by atoms with van der Waals surface area (Å²) in [6.45, 7) is 4.45. The molecule has 0 aromatic carbocycles. The molecule has 1 atom stereocenters. The lowest BCUT2D eigenvalue weighted by Gasteiger charge is -2.34. The SMILES string of the molecule is CCc1cc2n(CC(=O)Nc3ccc(F)cn3)c3c(c(=O)n2n1)CN(C[C@H]1CN(C2CC2)CCO1)C3=O. The van der Waals surface area contributed by atoms with Gasteiger partial charge >= 0.3 is 0 Å². The van der Waals surface area contributed by atoms with Gasteiger partial charge in [-0.2, -0.15) is 9.61 Å². The van der Waals surface area contributed by atoms with Gasteiger partial charge in [-0.05, 0) is 31.4 Å². The molecule has 5 heterocycles. The number of aromatic nitrogens is 4. The molecule has 0 spiro atoms. The lowest BCUT2D eigenvalue weighted by molar-refractivity contribution is -0.116. The molecule has 0 radical (unpaired) electrons. The molecular weight excluding hydrogens is 481 g/mol. The van der Waals surface area contributed by atoms with Crippen LogP contribution in [0.2, 0.25) is 0 Å². The van der Waals surface area contributed by atoms with Gasteiger partial charge in [-0.1, -0.05) is 6.92 Å². The zero-order valence-corrected chi connectivity index (χ0v) is 20.5. The summed E-state index contributed by atoms with van der Waals surface area (Å²) < 4.78 is 22.0. The molecule has 0 bridgehead atoms. The van der Waals surface area contributed by atoms with E-state index in [1.54, 1.807) is 15.5 Å². The van der Waals surface area contributed by atoms with E-state index in [0.29, 0.717) is 42.5 Å². The standard InChI is InChI=1S/C25H28FN7O4/c1-2-16-9-22-32(14-21(34)28-20-6-3-15(26)10-27-20)23-19(24(35)33(22)29-16)13-31(25(23)36)12-18-11-30(7-8-37-18)17-4-5-17/h3,6,9-10,17-18H,2,4-5,7-8,11-14H2,1H3,(H,27,28,34)/t18-/m1/s1. The van der Waals surface area contributed by atoms with Crippen LogP contribution in [0.25, 0.3) is 5.65 Å². The van der Waals surface area contributed by atoms with Crippen molar-refractivity contribution in [1.82, 2.24) is 29.0 Å². The molecule has 11 nitrogen and oxygen atoms in total. The Balaban J connectivity index is 1.30. The van der Waals surface area contributed by atoms with Crippen LogP contribution in [-0.4, -0.2) is 79.2 Å². The van der Waals surface area contributed by atoms with Crippen LogP contribution in [0, 0.1) is 5.82 Å². The van der Waals surface area contributed by atoms with Crippen molar-refractivity contribution in [2.24, 2.45) is 0 Å². The molecule has 1 aliphatic carbocycles. The topological polar surface area (TPSA) is 114 Å². The summed E-state index contributed by atoms with van der Waals surface area (Å²) in [4.78, 5) is 47.9. The van der Waals surface area contributed by atoms with Crippen LogP contribution in [0.4, 0.5) is 10.2 Å². The van der Waals surface area contributed by atoms with Gasteiger partial charge in [0, 0.05) is 31.7 Å². The van der Waals surface area contributed by atoms with E-state index in [-0.39, 0.29) is 42.2 Å². The number of fused-ring (bicyclic) bond motifs is 2. The monoisotopic (exact) mass is 509 g/mol. The molecule has 3 aliphatic rings. The van der Waals surface area contributed by atoms with Crippen molar-refractivity contribution in [3.63, 3.8) is 0 Å². The number of nitrogens with one attached hydrogen (secondary N) is 1. The van der Waals surface area contributed by atoms with Gasteiger partial charge in [0.05, 0.1) is 36.7 Å². The highest BCUT2D eigenvalue weighted by Crippen LogP contribution is 2.29. The van der Waals surface area contributed by atoms with Gasteiger partial charge in [0.1, 0.15) is 29.5 Å². The normalized spacial score (nSPS) is 20.0. The Bertz CT molecular complexity index is 1430. The zero-order valence-electron chi connectivity index (χ0n) is 20.5. The van der Waals surface area contributed by atoms with Crippen molar-refractivity contribution in [2.75, 3.05) is 31.6 Å². The molecule has 194 valence electrons. The number of hydrogen-bond donors (Lipinski definition) is 1. The van der Waals surface area contributed by atoms with Crippen LogP contribution in [0.5, 0.6) is 0 Å². The van der Waals surface area contributed by atoms with E-state index in [9.17, 15) is 18.8 Å². The van der Waals surface area contributed by atoms with Crippen LogP contribution < -0.4 is 10.9 Å². The summed E-state index contributed by atoms with van der Waals surface area (Å²) in [6, 6.07) is 4.89. The predicted molar refractivity (Wildman–Crippen MR) is 131 cm³/mol. The third kappa shape index (κ3) is 4.51. The first kappa shape index (κ1) is 23.7. The van der Waals surface area contributed by atoms with Gasteiger partial charge in [-0.3, -0.25) is 19.3 Å². The summed E-state index contributed by atoms with van der Waals surface area (Å²) >= 11 is 0. The van der Waals surface area contributed by atoms with Crippen LogP contribution in [0.15, 0.2) is 29.2 Å². The molecule has 1 saturated heterocycles. The minimum Gasteiger partial charge on any atom is -0.374 e. The third-order valence-corrected chi connectivity index (χ3v) is 7.18. The number of rotatable bonds is 7. The number of carbonyl (C=O) groups excluding carboxylic acids is 2. The fourth-order valence-electron chi connectivity index (χ4n) is 5.19. The average Bonchev–Trinajstić information content (AvgIpc) is 3.57. The Morgan fingerprint density at radius 1 is 1.27 bits per heavy atom. The van der Waals surface area contributed by atoms with E-state index in [4.69, 9.17) is 4.74 Å². The van der Waals surface area contributed by atoms with Crippen molar-refractivity contribution < 1.29 is 18.7 Å². The molecule has 37 heavy (non-hydrogen) atoms. The summed E-state index contributed by atoms with van der Waals surface area (Å²) in [7, 11) is 0. The van der Waals surface area contributed by atoms with E-state index >= 15 is 0 Å². The summed E-state index contributed by atoms with van der Waals surface area (Å²) in [5.41, 5.74) is 1.19. The van der Waals surface area contributed by atoms with E-state index in [0.717, 1.165) is 19.3 Å². The maximum atomic E-state index is 13.7. The van der Waals surface area contributed by atoms with E-state index in [2.05, 4.69) is 20.3 Å². The molecular formula is C25H28FN7O4. The number of hydrogen-bond acceptors (Lipinski definition) is 7. The van der Waals surface area contributed by atoms with Crippen LogP contribution in [-0.2, 0) is 29.0 Å². The highest BCUT2D eigenvalue weighted by atomic mass is 19.1. The molecule has 12 heteroatoms. The largest absolute Gasteiger partial charge is 0.374 e. The molecule has 1 N–H and O–H groups in total. The summed E-state index contributed by atoms with van der Waals surface area (Å²) in [6.07, 6.45) is 3.87. The van der Waals surface area contributed by atoms with Gasteiger partial charge in [-0.25, -0.2) is 9.37 Å². The molecule has 2 aliphatic heterocycles. The number of aryl methyl sites for hydroxylation is 1. The van der Waals surface area contributed by atoms with E-state index < -0.39 is 11.7 Å². The minimum atomic E-state index is -0.517. The second kappa shape index (κ2) is 9.34. The van der Waals surface area contributed by atoms with Crippen molar-refractivity contribution >= 4 is 23.3 Å². The maximum absolute atomic E-state index is 13.7. The van der Waals surface area contributed by atoms with Crippen molar-refractivity contribution in [3.8, 4) is 0 Å². The molecule has 2 fully saturated rings. The molecule has 2 amide bonds. The summed E-state index contributed by atoms with van der Waals surface area (Å²) in [5, 5.41) is 7.03. The number of amides is 2. The fraction of sp³-hybridized carbons (Fsp3) is 0.480. The molecule has 1 saturated carbocycles. The zero-order chi connectivity index (χ0) is 25.7. The lowest BCUT2D eigenvalue weighted by Crippen LogP contribution is -2.48. The molecule has 3 aromatic rings. The van der Waals surface area contributed by atoms with E-state index in [1.165, 1.54) is 29.5 Å². The van der Waals surface area contributed by atoms with Crippen LogP contribution in [0.3, 0.4) is 0 Å². The van der Waals surface area contributed by atoms with Gasteiger partial charge < -0.3 is 19.5 Å².